The molecule has 5 nitrogen and oxygen atoms in total. The maximum absolute atomic E-state index is 14.0. The molecule has 1 aromatic heterocycles. The van der Waals surface area contributed by atoms with Crippen molar-refractivity contribution in [2.75, 3.05) is 0 Å². The van der Waals surface area contributed by atoms with Gasteiger partial charge in [0.15, 0.2) is 0 Å². The Morgan fingerprint density at radius 3 is 2.81 bits per heavy atom. The molecule has 1 N–H and O–H groups in total. The molecule has 0 aliphatic rings. The van der Waals surface area contributed by atoms with Gasteiger partial charge in [0, 0.05) is 16.8 Å². The van der Waals surface area contributed by atoms with Crippen LogP contribution in [0, 0.1) is 11.7 Å². The first kappa shape index (κ1) is 15.4. The summed E-state index contributed by atoms with van der Waals surface area (Å²) in [6.07, 6.45) is 3.08. The molecule has 1 atom stereocenters. The summed E-state index contributed by atoms with van der Waals surface area (Å²) in [4.78, 5) is 12.0. The molecule has 1 aromatic carbocycles. The molecule has 0 aliphatic heterocycles. The Bertz CT molecular complexity index is 615. The van der Waals surface area contributed by atoms with Crippen molar-refractivity contribution in [2.24, 2.45) is 5.92 Å². The Labute approximate surface area is 127 Å². The number of nitrogens with zero attached hydrogens (tertiary/aromatic N) is 3. The maximum Gasteiger partial charge on any atom is 0.242 e. The molecule has 7 heteroatoms. The molecule has 2 rings (SSSR count). The van der Waals surface area contributed by atoms with Gasteiger partial charge in [-0.2, -0.15) is 0 Å². The van der Waals surface area contributed by atoms with E-state index in [1.54, 1.807) is 18.3 Å². The molecule has 21 heavy (non-hydrogen) atoms. The Hall–Kier alpha value is -1.95. The van der Waals surface area contributed by atoms with E-state index in [2.05, 4.69) is 15.6 Å². The molecular formula is C14H16ClFN4O. The van der Waals surface area contributed by atoms with Crippen molar-refractivity contribution in [2.45, 2.75) is 26.4 Å². The fourth-order valence-electron chi connectivity index (χ4n) is 2.04. The van der Waals surface area contributed by atoms with Crippen molar-refractivity contribution in [3.63, 3.8) is 0 Å². The molecule has 0 bridgehead atoms. The highest BCUT2D eigenvalue weighted by Crippen LogP contribution is 2.26. The van der Waals surface area contributed by atoms with Gasteiger partial charge in [-0.1, -0.05) is 36.7 Å². The van der Waals surface area contributed by atoms with Crippen molar-refractivity contribution < 1.29 is 9.18 Å². The van der Waals surface area contributed by atoms with Crippen molar-refractivity contribution in [1.29, 1.82) is 0 Å². The van der Waals surface area contributed by atoms with Crippen LogP contribution in [0.1, 0.15) is 25.5 Å². The van der Waals surface area contributed by atoms with E-state index in [4.69, 9.17) is 11.6 Å². The Morgan fingerprint density at radius 2 is 2.24 bits per heavy atom. The minimum absolute atomic E-state index is 0.0281. The Kier molecular flexibility index (Phi) is 4.90. The number of carbonyl (C=O) groups excluding carboxylic acids is 1. The first-order valence-electron chi connectivity index (χ1n) is 6.56. The maximum atomic E-state index is 14.0. The van der Waals surface area contributed by atoms with Crippen molar-refractivity contribution in [3.05, 3.63) is 47.0 Å². The third-order valence-corrected chi connectivity index (χ3v) is 3.29. The highest BCUT2D eigenvalue weighted by molar-refractivity contribution is 6.30. The van der Waals surface area contributed by atoms with Gasteiger partial charge in [-0.15, -0.1) is 5.10 Å². The van der Waals surface area contributed by atoms with Crippen LogP contribution in [0.25, 0.3) is 0 Å². The number of hydrogen-bond donors (Lipinski definition) is 1. The van der Waals surface area contributed by atoms with Gasteiger partial charge in [-0.3, -0.25) is 4.79 Å². The van der Waals surface area contributed by atoms with Gasteiger partial charge in [0.05, 0.1) is 12.2 Å². The van der Waals surface area contributed by atoms with E-state index in [1.807, 2.05) is 13.8 Å². The molecule has 0 aliphatic carbocycles. The molecule has 112 valence electrons. The summed E-state index contributed by atoms with van der Waals surface area (Å²) in [5.74, 6) is -0.656. The zero-order valence-electron chi connectivity index (χ0n) is 11.8. The van der Waals surface area contributed by atoms with E-state index in [9.17, 15) is 9.18 Å². The number of amides is 1. The smallest absolute Gasteiger partial charge is 0.242 e. The molecule has 0 unspecified atom stereocenters. The van der Waals surface area contributed by atoms with Crippen molar-refractivity contribution in [1.82, 2.24) is 20.3 Å². The normalized spacial score (nSPS) is 12.4. The first-order valence-corrected chi connectivity index (χ1v) is 6.93. The van der Waals surface area contributed by atoms with Gasteiger partial charge in [-0.05, 0) is 18.1 Å². The van der Waals surface area contributed by atoms with Crippen molar-refractivity contribution in [3.8, 4) is 0 Å². The van der Waals surface area contributed by atoms with Crippen LogP contribution < -0.4 is 5.32 Å². The molecule has 1 amide bonds. The largest absolute Gasteiger partial charge is 0.347 e. The molecule has 2 aromatic rings. The average molecular weight is 311 g/mol. The van der Waals surface area contributed by atoms with E-state index >= 15 is 0 Å². The Morgan fingerprint density at radius 1 is 1.48 bits per heavy atom. The number of rotatable bonds is 5. The zero-order chi connectivity index (χ0) is 15.4. The number of aromatic nitrogens is 3. The lowest BCUT2D eigenvalue weighted by atomic mass is 9.95. The lowest BCUT2D eigenvalue weighted by Gasteiger charge is -2.23. The van der Waals surface area contributed by atoms with Crippen LogP contribution in [0.3, 0.4) is 0 Å². The van der Waals surface area contributed by atoms with E-state index in [0.717, 1.165) is 0 Å². The summed E-state index contributed by atoms with van der Waals surface area (Å²) >= 11 is 5.76. The van der Waals surface area contributed by atoms with Crippen LogP contribution in [-0.2, 0) is 11.3 Å². The second kappa shape index (κ2) is 6.67. The lowest BCUT2D eigenvalue weighted by molar-refractivity contribution is -0.123. The van der Waals surface area contributed by atoms with Gasteiger partial charge in [0.1, 0.15) is 12.4 Å². The summed E-state index contributed by atoms with van der Waals surface area (Å²) < 4.78 is 15.4. The molecular weight excluding hydrogens is 295 g/mol. The fourth-order valence-corrected chi connectivity index (χ4v) is 2.20. The molecule has 0 saturated heterocycles. The first-order chi connectivity index (χ1) is 9.97. The van der Waals surface area contributed by atoms with Crippen molar-refractivity contribution >= 4 is 17.5 Å². The summed E-state index contributed by atoms with van der Waals surface area (Å²) in [6, 6.07) is 4.02. The predicted octanol–water partition coefficient (Wildman–Crippen LogP) is 2.58. The molecule has 0 spiro atoms. The van der Waals surface area contributed by atoms with Crippen LogP contribution in [-0.4, -0.2) is 20.9 Å². The molecule has 0 radical (unpaired) electrons. The second-order valence-electron chi connectivity index (χ2n) is 5.06. The standard InChI is InChI=1S/C14H16ClFN4O/c1-9(2)14(11-4-3-10(15)7-12(11)16)18-13(21)8-20-6-5-17-19-20/h3-7,9,14H,8H2,1-2H3,(H,18,21)/t14-/m1/s1. The molecule has 0 saturated carbocycles. The highest BCUT2D eigenvalue weighted by atomic mass is 35.5. The topological polar surface area (TPSA) is 59.8 Å². The minimum Gasteiger partial charge on any atom is -0.347 e. The molecule has 1 heterocycles. The minimum atomic E-state index is -0.432. The number of nitrogens with one attached hydrogen (secondary N) is 1. The average Bonchev–Trinajstić information content (AvgIpc) is 2.89. The number of hydrogen-bond acceptors (Lipinski definition) is 3. The highest BCUT2D eigenvalue weighted by Gasteiger charge is 2.21. The van der Waals surface area contributed by atoms with E-state index in [0.29, 0.717) is 10.6 Å². The van der Waals surface area contributed by atoms with Gasteiger partial charge < -0.3 is 5.32 Å². The fraction of sp³-hybridized carbons (Fsp3) is 0.357. The Balaban J connectivity index is 2.13. The zero-order valence-corrected chi connectivity index (χ0v) is 12.5. The van der Waals surface area contributed by atoms with Crippen LogP contribution in [0.15, 0.2) is 30.6 Å². The van der Waals surface area contributed by atoms with Gasteiger partial charge in [0.25, 0.3) is 0 Å². The number of halogens is 2. The van der Waals surface area contributed by atoms with Crippen LogP contribution >= 0.6 is 11.6 Å². The molecule has 0 fully saturated rings. The van der Waals surface area contributed by atoms with Crippen LogP contribution in [0.5, 0.6) is 0 Å². The predicted molar refractivity (Wildman–Crippen MR) is 77.2 cm³/mol. The van der Waals surface area contributed by atoms with Gasteiger partial charge in [-0.25, -0.2) is 9.07 Å². The second-order valence-corrected chi connectivity index (χ2v) is 5.49. The summed E-state index contributed by atoms with van der Waals surface area (Å²) in [6.45, 7) is 3.86. The monoisotopic (exact) mass is 310 g/mol. The van der Waals surface area contributed by atoms with Crippen LogP contribution in [0.2, 0.25) is 5.02 Å². The summed E-state index contributed by atoms with van der Waals surface area (Å²) in [7, 11) is 0. The summed E-state index contributed by atoms with van der Waals surface area (Å²) in [5.41, 5.74) is 0.418. The number of carbonyl (C=O) groups is 1. The third kappa shape index (κ3) is 4.01. The van der Waals surface area contributed by atoms with Gasteiger partial charge >= 0.3 is 0 Å². The van der Waals surface area contributed by atoms with Gasteiger partial charge in [0.2, 0.25) is 5.91 Å². The lowest BCUT2D eigenvalue weighted by Crippen LogP contribution is -2.34. The van der Waals surface area contributed by atoms with Crippen LogP contribution in [0.4, 0.5) is 4.39 Å². The van der Waals surface area contributed by atoms with E-state index in [-0.39, 0.29) is 18.4 Å². The van der Waals surface area contributed by atoms with E-state index in [1.165, 1.54) is 16.9 Å². The summed E-state index contributed by atoms with van der Waals surface area (Å²) in [5, 5.41) is 10.5. The SMILES string of the molecule is CC(C)[C@@H](NC(=O)Cn1ccnn1)c1ccc(Cl)cc1F. The number of benzene rings is 1. The van der Waals surface area contributed by atoms with E-state index < -0.39 is 11.9 Å². The quantitative estimate of drug-likeness (QED) is 0.923. The third-order valence-electron chi connectivity index (χ3n) is 3.06.